The summed E-state index contributed by atoms with van der Waals surface area (Å²) >= 11 is 0. The van der Waals surface area contributed by atoms with Gasteiger partial charge in [0.15, 0.2) is 0 Å². The molecule has 0 saturated carbocycles. The largest absolute Gasteiger partial charge is 0.329 e. The summed E-state index contributed by atoms with van der Waals surface area (Å²) < 4.78 is 10.6. The minimum absolute atomic E-state index is 0.283. The molecule has 1 rings (SSSR count). The molecule has 1 amide bonds. The van der Waals surface area contributed by atoms with Gasteiger partial charge in [-0.15, -0.1) is 0 Å². The van der Waals surface area contributed by atoms with Gasteiger partial charge in [-0.1, -0.05) is 12.1 Å². The van der Waals surface area contributed by atoms with Crippen LogP contribution in [0.5, 0.6) is 0 Å². The molecule has 0 aliphatic carbocycles. The van der Waals surface area contributed by atoms with Crippen molar-refractivity contribution in [2.75, 3.05) is 5.32 Å². The topological polar surface area (TPSA) is 86.6 Å². The van der Waals surface area contributed by atoms with Crippen molar-refractivity contribution >= 4 is 19.7 Å². The molecule has 6 heteroatoms. The number of benzene rings is 1. The van der Waals surface area contributed by atoms with E-state index in [0.29, 0.717) is 17.7 Å². The zero-order valence-electron chi connectivity index (χ0n) is 7.25. The Morgan fingerprint density at radius 1 is 1.29 bits per heavy atom. The molecule has 0 aliphatic heterocycles. The molecular formula is C8H10NO4P. The molecule has 0 bridgehead atoms. The van der Waals surface area contributed by atoms with Gasteiger partial charge in [-0.25, -0.2) is 0 Å². The van der Waals surface area contributed by atoms with Crippen LogP contribution in [0.3, 0.4) is 0 Å². The third kappa shape index (κ3) is 3.70. The fourth-order valence-electron chi connectivity index (χ4n) is 1.01. The predicted molar refractivity (Wildman–Crippen MR) is 51.9 cm³/mol. The van der Waals surface area contributed by atoms with Crippen LogP contribution in [0, 0.1) is 0 Å². The van der Waals surface area contributed by atoms with Crippen molar-refractivity contribution in [3.05, 3.63) is 29.8 Å². The second-order valence-corrected chi connectivity index (χ2v) is 4.43. The SMILES string of the molecule is O=CNc1ccc(CP(=O)(O)O)cc1. The highest BCUT2D eigenvalue weighted by Gasteiger charge is 2.13. The zero-order chi connectivity index (χ0) is 10.6. The number of carbonyl (C=O) groups excluding carboxylic acids is 1. The monoisotopic (exact) mass is 215 g/mol. The van der Waals surface area contributed by atoms with Gasteiger partial charge < -0.3 is 15.1 Å². The molecule has 5 nitrogen and oxygen atoms in total. The predicted octanol–water partition coefficient (Wildman–Crippen LogP) is 0.933. The number of anilines is 1. The lowest BCUT2D eigenvalue weighted by atomic mass is 10.2. The molecule has 0 unspecified atom stereocenters. The standard InChI is InChI=1S/C8H10NO4P/c10-6-9-8-3-1-7(2-4-8)5-14(11,12)13/h1-4,6H,5H2,(H,9,10)(H2,11,12,13). The van der Waals surface area contributed by atoms with Crippen LogP contribution < -0.4 is 5.32 Å². The lowest BCUT2D eigenvalue weighted by Crippen LogP contribution is -1.93. The molecule has 0 fully saturated rings. The summed E-state index contributed by atoms with van der Waals surface area (Å²) in [6, 6.07) is 6.29. The maximum Gasteiger partial charge on any atom is 0.329 e. The average Bonchev–Trinajstić information content (AvgIpc) is 2.06. The van der Waals surface area contributed by atoms with E-state index in [9.17, 15) is 9.36 Å². The number of hydrogen-bond donors (Lipinski definition) is 3. The molecule has 0 radical (unpaired) electrons. The van der Waals surface area contributed by atoms with Crippen LogP contribution in [-0.2, 0) is 15.5 Å². The summed E-state index contributed by atoms with van der Waals surface area (Å²) in [5.74, 6) is 0. The Morgan fingerprint density at radius 3 is 2.29 bits per heavy atom. The van der Waals surface area contributed by atoms with Gasteiger partial charge in [-0.2, -0.15) is 0 Å². The van der Waals surface area contributed by atoms with E-state index < -0.39 is 7.60 Å². The van der Waals surface area contributed by atoms with Crippen molar-refractivity contribution in [1.82, 2.24) is 0 Å². The summed E-state index contributed by atoms with van der Waals surface area (Å²) in [6.45, 7) is 0. The third-order valence-corrected chi connectivity index (χ3v) is 2.35. The van der Waals surface area contributed by atoms with E-state index in [2.05, 4.69) is 5.32 Å². The quantitative estimate of drug-likeness (QED) is 0.515. The Kier molecular flexibility index (Phi) is 3.41. The van der Waals surface area contributed by atoms with Crippen LogP contribution in [0.25, 0.3) is 0 Å². The van der Waals surface area contributed by atoms with Gasteiger partial charge in [-0.3, -0.25) is 9.36 Å². The number of carbonyl (C=O) groups is 1. The van der Waals surface area contributed by atoms with Crippen LogP contribution >= 0.6 is 7.60 Å². The van der Waals surface area contributed by atoms with E-state index in [1.165, 1.54) is 0 Å². The van der Waals surface area contributed by atoms with Crippen LogP contribution in [0.1, 0.15) is 5.56 Å². The number of rotatable bonds is 4. The van der Waals surface area contributed by atoms with Crippen LogP contribution in [0.2, 0.25) is 0 Å². The van der Waals surface area contributed by atoms with Gasteiger partial charge >= 0.3 is 7.60 Å². The van der Waals surface area contributed by atoms with Crippen molar-refractivity contribution in [3.63, 3.8) is 0 Å². The minimum Gasteiger partial charge on any atom is -0.329 e. The Hall–Kier alpha value is -1.16. The van der Waals surface area contributed by atoms with Gasteiger partial charge in [0.1, 0.15) is 0 Å². The maximum atomic E-state index is 10.6. The summed E-state index contributed by atoms with van der Waals surface area (Å²) in [5.41, 5.74) is 1.13. The first-order valence-electron chi connectivity index (χ1n) is 3.85. The second-order valence-electron chi connectivity index (χ2n) is 2.78. The molecule has 0 aromatic heterocycles. The Morgan fingerprint density at radius 2 is 1.86 bits per heavy atom. The van der Waals surface area contributed by atoms with Crippen molar-refractivity contribution < 1.29 is 19.1 Å². The van der Waals surface area contributed by atoms with Crippen molar-refractivity contribution in [3.8, 4) is 0 Å². The van der Waals surface area contributed by atoms with E-state index in [1.54, 1.807) is 24.3 Å². The molecule has 0 saturated heterocycles. The normalized spacial score (nSPS) is 11.0. The fourth-order valence-corrected chi connectivity index (χ4v) is 1.70. The van der Waals surface area contributed by atoms with Crippen molar-refractivity contribution in [1.29, 1.82) is 0 Å². The molecule has 0 aliphatic rings. The molecule has 0 spiro atoms. The highest BCUT2D eigenvalue weighted by atomic mass is 31.2. The molecule has 14 heavy (non-hydrogen) atoms. The van der Waals surface area contributed by atoms with Crippen LogP contribution in [0.4, 0.5) is 5.69 Å². The smallest absolute Gasteiger partial charge is 0.329 e. The Labute approximate surface area is 80.9 Å². The first-order chi connectivity index (χ1) is 6.51. The third-order valence-electron chi connectivity index (χ3n) is 1.57. The highest BCUT2D eigenvalue weighted by Crippen LogP contribution is 2.38. The van der Waals surface area contributed by atoms with Gasteiger partial charge in [-0.05, 0) is 17.7 Å². The van der Waals surface area contributed by atoms with Gasteiger partial charge in [0.05, 0.1) is 6.16 Å². The van der Waals surface area contributed by atoms with E-state index >= 15 is 0 Å². The van der Waals surface area contributed by atoms with Crippen LogP contribution in [0.15, 0.2) is 24.3 Å². The minimum atomic E-state index is -4.01. The summed E-state index contributed by atoms with van der Waals surface area (Å²) in [4.78, 5) is 27.4. The molecular weight excluding hydrogens is 205 g/mol. The van der Waals surface area contributed by atoms with Gasteiger partial charge in [0.2, 0.25) is 6.41 Å². The van der Waals surface area contributed by atoms with Gasteiger partial charge in [0, 0.05) is 5.69 Å². The first-order valence-corrected chi connectivity index (χ1v) is 5.65. The highest BCUT2D eigenvalue weighted by molar-refractivity contribution is 7.50. The number of amides is 1. The molecule has 76 valence electrons. The van der Waals surface area contributed by atoms with E-state index in [0.717, 1.165) is 0 Å². The number of nitrogens with one attached hydrogen (secondary N) is 1. The van der Waals surface area contributed by atoms with Crippen LogP contribution in [-0.4, -0.2) is 16.2 Å². The van der Waals surface area contributed by atoms with Gasteiger partial charge in [0.25, 0.3) is 0 Å². The maximum absolute atomic E-state index is 10.6. The van der Waals surface area contributed by atoms with Crippen molar-refractivity contribution in [2.24, 2.45) is 0 Å². The Balaban J connectivity index is 2.73. The lowest BCUT2D eigenvalue weighted by Gasteiger charge is -2.04. The molecule has 1 aromatic rings. The molecule has 0 atom stereocenters. The molecule has 3 N–H and O–H groups in total. The summed E-state index contributed by atoms with van der Waals surface area (Å²) in [6.07, 6.45) is 0.256. The zero-order valence-corrected chi connectivity index (χ0v) is 8.15. The Bertz CT molecular complexity index is 356. The van der Waals surface area contributed by atoms with Crippen molar-refractivity contribution in [2.45, 2.75) is 6.16 Å². The second kappa shape index (κ2) is 4.37. The van der Waals surface area contributed by atoms with E-state index in [4.69, 9.17) is 9.79 Å². The van der Waals surface area contributed by atoms with E-state index in [1.807, 2.05) is 0 Å². The lowest BCUT2D eigenvalue weighted by molar-refractivity contribution is -0.105. The molecule has 1 aromatic carbocycles. The molecule has 0 heterocycles. The van der Waals surface area contributed by atoms with E-state index in [-0.39, 0.29) is 6.16 Å². The average molecular weight is 215 g/mol. The summed E-state index contributed by atoms with van der Waals surface area (Å²) in [5, 5.41) is 2.42. The fraction of sp³-hybridized carbons (Fsp3) is 0.125. The first kappa shape index (κ1) is 10.9. The summed E-state index contributed by atoms with van der Waals surface area (Å²) in [7, 11) is -4.01. The number of hydrogen-bond acceptors (Lipinski definition) is 2.